The van der Waals surface area contributed by atoms with Crippen molar-refractivity contribution >= 4 is 22.0 Å². The average molecular weight is 287 g/mol. The number of aryl methyl sites for hydroxylation is 1. The molecule has 0 spiro atoms. The molecule has 0 bridgehead atoms. The maximum absolute atomic E-state index is 12.0. The van der Waals surface area contributed by atoms with E-state index < -0.39 is 34.4 Å². The number of hydrogen-bond donors (Lipinski definition) is 3. The molecule has 19 heavy (non-hydrogen) atoms. The van der Waals surface area contributed by atoms with Crippen LogP contribution in [0.2, 0.25) is 0 Å². The van der Waals surface area contributed by atoms with Crippen molar-refractivity contribution in [3.8, 4) is 0 Å². The number of rotatable bonds is 6. The number of nitrogens with one attached hydrogen (secondary N) is 1. The third-order valence-electron chi connectivity index (χ3n) is 2.36. The lowest BCUT2D eigenvalue weighted by Crippen LogP contribution is -2.42. The minimum atomic E-state index is -4.07. The summed E-state index contributed by atoms with van der Waals surface area (Å²) in [5, 5.41) is 17.4. The molecule has 0 aliphatic heterocycles. The molecule has 0 aromatic heterocycles. The molecule has 1 aromatic carbocycles. The lowest BCUT2D eigenvalue weighted by molar-refractivity contribution is -0.145. The first-order chi connectivity index (χ1) is 8.74. The van der Waals surface area contributed by atoms with Crippen molar-refractivity contribution in [3.63, 3.8) is 0 Å². The van der Waals surface area contributed by atoms with Crippen molar-refractivity contribution in [2.75, 3.05) is 0 Å². The van der Waals surface area contributed by atoms with Crippen molar-refractivity contribution in [2.45, 2.75) is 24.3 Å². The lowest BCUT2D eigenvalue weighted by atomic mass is 10.2. The van der Waals surface area contributed by atoms with Crippen LogP contribution in [-0.4, -0.2) is 36.6 Å². The molecule has 1 aromatic rings. The van der Waals surface area contributed by atoms with Gasteiger partial charge in [0.25, 0.3) is 0 Å². The predicted octanol–water partition coefficient (Wildman–Crippen LogP) is 0.201. The Hall–Kier alpha value is -1.93. The van der Waals surface area contributed by atoms with Crippen molar-refractivity contribution in [1.29, 1.82) is 0 Å². The highest BCUT2D eigenvalue weighted by atomic mass is 32.2. The minimum absolute atomic E-state index is 0.0772. The van der Waals surface area contributed by atoms with E-state index in [0.717, 1.165) is 0 Å². The molecule has 0 aliphatic carbocycles. The van der Waals surface area contributed by atoms with E-state index in [0.29, 0.717) is 5.56 Å². The van der Waals surface area contributed by atoms with Gasteiger partial charge in [-0.25, -0.2) is 8.42 Å². The van der Waals surface area contributed by atoms with Crippen LogP contribution in [0.5, 0.6) is 0 Å². The van der Waals surface area contributed by atoms with Gasteiger partial charge in [0.05, 0.1) is 11.3 Å². The Morgan fingerprint density at radius 2 is 1.84 bits per heavy atom. The van der Waals surface area contributed by atoms with Crippen LogP contribution >= 0.6 is 0 Å². The SMILES string of the molecule is Cc1ccccc1S(=O)(=O)N[C@@H](CC(=O)O)C(=O)O. The second-order valence-electron chi connectivity index (χ2n) is 3.88. The summed E-state index contributed by atoms with van der Waals surface area (Å²) in [7, 11) is -4.07. The first-order valence-corrected chi connectivity index (χ1v) is 6.75. The molecular weight excluding hydrogens is 274 g/mol. The van der Waals surface area contributed by atoms with Gasteiger partial charge in [-0.05, 0) is 18.6 Å². The summed E-state index contributed by atoms with van der Waals surface area (Å²) in [5.74, 6) is -2.94. The Morgan fingerprint density at radius 1 is 1.26 bits per heavy atom. The molecule has 0 radical (unpaired) electrons. The van der Waals surface area contributed by atoms with Gasteiger partial charge in [0.2, 0.25) is 10.0 Å². The summed E-state index contributed by atoms with van der Waals surface area (Å²) in [6, 6.07) is 4.30. The van der Waals surface area contributed by atoms with Crippen LogP contribution in [0.3, 0.4) is 0 Å². The topological polar surface area (TPSA) is 121 Å². The molecular formula is C11H13NO6S. The van der Waals surface area contributed by atoms with Gasteiger partial charge in [0.15, 0.2) is 0 Å². The summed E-state index contributed by atoms with van der Waals surface area (Å²) in [6.07, 6.45) is -0.833. The maximum atomic E-state index is 12.0. The fraction of sp³-hybridized carbons (Fsp3) is 0.273. The van der Waals surface area contributed by atoms with E-state index in [-0.39, 0.29) is 4.90 Å². The Morgan fingerprint density at radius 3 is 2.32 bits per heavy atom. The second kappa shape index (κ2) is 5.81. The second-order valence-corrected chi connectivity index (χ2v) is 5.56. The number of sulfonamides is 1. The van der Waals surface area contributed by atoms with Crippen LogP contribution < -0.4 is 4.72 Å². The van der Waals surface area contributed by atoms with Crippen LogP contribution in [0.4, 0.5) is 0 Å². The summed E-state index contributed by atoms with van der Waals surface area (Å²) in [4.78, 5) is 21.3. The zero-order valence-electron chi connectivity index (χ0n) is 10.0. The standard InChI is InChI=1S/C11H13NO6S/c1-7-4-2-3-5-9(7)19(17,18)12-8(11(15)16)6-10(13)14/h2-5,8,12H,6H2,1H3,(H,13,14)(H,15,16)/t8-/m0/s1. The fourth-order valence-corrected chi connectivity index (χ4v) is 2.90. The van der Waals surface area contributed by atoms with Crippen LogP contribution in [0.15, 0.2) is 29.2 Å². The number of carbonyl (C=O) groups is 2. The zero-order valence-corrected chi connectivity index (χ0v) is 10.8. The van der Waals surface area contributed by atoms with E-state index in [1.54, 1.807) is 19.1 Å². The van der Waals surface area contributed by atoms with E-state index in [4.69, 9.17) is 10.2 Å². The van der Waals surface area contributed by atoms with E-state index in [9.17, 15) is 18.0 Å². The van der Waals surface area contributed by atoms with Crippen molar-refractivity contribution in [1.82, 2.24) is 4.72 Å². The van der Waals surface area contributed by atoms with Gasteiger partial charge in [-0.1, -0.05) is 18.2 Å². The largest absolute Gasteiger partial charge is 0.481 e. The Kier molecular flexibility index (Phi) is 4.62. The lowest BCUT2D eigenvalue weighted by Gasteiger charge is -2.14. The highest BCUT2D eigenvalue weighted by molar-refractivity contribution is 7.89. The minimum Gasteiger partial charge on any atom is -0.481 e. The summed E-state index contributed by atoms with van der Waals surface area (Å²) in [5.41, 5.74) is 0.439. The molecule has 104 valence electrons. The first kappa shape index (κ1) is 15.1. The van der Waals surface area contributed by atoms with Crippen LogP contribution in [-0.2, 0) is 19.6 Å². The number of carboxylic acids is 2. The van der Waals surface area contributed by atoms with Gasteiger partial charge in [-0.15, -0.1) is 0 Å². The summed E-state index contributed by atoms with van der Waals surface area (Å²) in [6.45, 7) is 1.56. The van der Waals surface area contributed by atoms with Crippen LogP contribution in [0.25, 0.3) is 0 Å². The van der Waals surface area contributed by atoms with Gasteiger partial charge in [0, 0.05) is 0 Å². The fourth-order valence-electron chi connectivity index (χ4n) is 1.46. The number of benzene rings is 1. The molecule has 1 rings (SSSR count). The van der Waals surface area contributed by atoms with Gasteiger partial charge in [0.1, 0.15) is 6.04 Å². The molecule has 7 nitrogen and oxygen atoms in total. The van der Waals surface area contributed by atoms with E-state index >= 15 is 0 Å². The van der Waals surface area contributed by atoms with Crippen molar-refractivity contribution in [3.05, 3.63) is 29.8 Å². The molecule has 1 atom stereocenters. The Labute approximate surface area is 109 Å². The Balaban J connectivity index is 3.04. The molecule has 0 aliphatic rings. The van der Waals surface area contributed by atoms with Gasteiger partial charge >= 0.3 is 11.9 Å². The molecule has 0 unspecified atom stereocenters. The maximum Gasteiger partial charge on any atom is 0.322 e. The summed E-state index contributed by atoms with van der Waals surface area (Å²) < 4.78 is 25.8. The van der Waals surface area contributed by atoms with Gasteiger partial charge in [-0.3, -0.25) is 9.59 Å². The number of hydrogen-bond acceptors (Lipinski definition) is 4. The van der Waals surface area contributed by atoms with E-state index in [1.165, 1.54) is 12.1 Å². The zero-order chi connectivity index (χ0) is 14.6. The third-order valence-corrected chi connectivity index (χ3v) is 3.99. The van der Waals surface area contributed by atoms with Gasteiger partial charge < -0.3 is 10.2 Å². The van der Waals surface area contributed by atoms with Crippen molar-refractivity contribution < 1.29 is 28.2 Å². The molecule has 8 heteroatoms. The monoisotopic (exact) mass is 287 g/mol. The van der Waals surface area contributed by atoms with E-state index in [1.807, 2.05) is 4.72 Å². The Bertz CT molecular complexity index is 595. The molecule has 0 fully saturated rings. The van der Waals surface area contributed by atoms with Gasteiger partial charge in [-0.2, -0.15) is 4.72 Å². The molecule has 0 heterocycles. The number of aliphatic carboxylic acids is 2. The molecule has 0 saturated heterocycles. The molecule has 0 saturated carbocycles. The summed E-state index contributed by atoms with van der Waals surface area (Å²) >= 11 is 0. The number of carboxylic acid groups (broad SMARTS) is 2. The van der Waals surface area contributed by atoms with Crippen LogP contribution in [0, 0.1) is 6.92 Å². The predicted molar refractivity (Wildman–Crippen MR) is 65.2 cm³/mol. The molecule has 3 N–H and O–H groups in total. The van der Waals surface area contributed by atoms with Crippen LogP contribution in [0.1, 0.15) is 12.0 Å². The first-order valence-electron chi connectivity index (χ1n) is 5.26. The van der Waals surface area contributed by atoms with Crippen molar-refractivity contribution in [2.24, 2.45) is 0 Å². The van der Waals surface area contributed by atoms with E-state index in [2.05, 4.69) is 0 Å². The molecule has 0 amide bonds. The highest BCUT2D eigenvalue weighted by Crippen LogP contribution is 2.14. The average Bonchev–Trinajstić information content (AvgIpc) is 2.27. The normalized spacial score (nSPS) is 12.9. The quantitative estimate of drug-likeness (QED) is 0.687. The smallest absolute Gasteiger partial charge is 0.322 e. The highest BCUT2D eigenvalue weighted by Gasteiger charge is 2.28. The third kappa shape index (κ3) is 4.04.